The molecule has 1 atom stereocenters. The van der Waals surface area contributed by atoms with Gasteiger partial charge in [0.05, 0.1) is 5.52 Å². The van der Waals surface area contributed by atoms with Crippen LogP contribution in [0.2, 0.25) is 0 Å². The third-order valence-corrected chi connectivity index (χ3v) is 7.58. The van der Waals surface area contributed by atoms with Crippen molar-refractivity contribution < 1.29 is 8.42 Å². The number of halogens is 2. The summed E-state index contributed by atoms with van der Waals surface area (Å²) in [6.45, 7) is 1.72. The van der Waals surface area contributed by atoms with Gasteiger partial charge in [-0.05, 0) is 47.7 Å². The van der Waals surface area contributed by atoms with Crippen molar-refractivity contribution >= 4 is 55.1 Å². The standard InChI is InChI=1S/C14H12ClIN2O2S/c1-14(5-2-11(15)12(16)8-14)21(19,20)18-7-4-10-9-17-6-3-13(10)18/h2-7,9H,8H2,1H3. The summed E-state index contributed by atoms with van der Waals surface area (Å²) in [5.41, 5.74) is 0.635. The van der Waals surface area contributed by atoms with E-state index >= 15 is 0 Å². The lowest BCUT2D eigenvalue weighted by molar-refractivity contribution is 0.554. The Labute approximate surface area is 141 Å². The van der Waals surface area contributed by atoms with Gasteiger partial charge < -0.3 is 0 Å². The molecule has 2 aromatic rings. The Kier molecular flexibility index (Phi) is 3.66. The molecular formula is C14H12ClIN2O2S. The van der Waals surface area contributed by atoms with Crippen LogP contribution in [0.4, 0.5) is 0 Å². The van der Waals surface area contributed by atoms with Gasteiger partial charge in [0.2, 0.25) is 10.0 Å². The minimum atomic E-state index is -3.60. The van der Waals surface area contributed by atoms with E-state index in [1.165, 1.54) is 3.97 Å². The quantitative estimate of drug-likeness (QED) is 0.675. The molecule has 21 heavy (non-hydrogen) atoms. The lowest BCUT2D eigenvalue weighted by Gasteiger charge is -2.29. The molecule has 4 nitrogen and oxygen atoms in total. The van der Waals surface area contributed by atoms with Crippen LogP contribution in [0.25, 0.3) is 10.9 Å². The number of hydrogen-bond acceptors (Lipinski definition) is 3. The highest BCUT2D eigenvalue weighted by Gasteiger charge is 2.41. The minimum Gasteiger partial charge on any atom is -0.264 e. The Bertz CT molecular complexity index is 885. The highest BCUT2D eigenvalue weighted by Crippen LogP contribution is 2.39. The highest BCUT2D eigenvalue weighted by molar-refractivity contribution is 14.1. The van der Waals surface area contributed by atoms with Gasteiger partial charge in [-0.15, -0.1) is 0 Å². The molecule has 0 aromatic carbocycles. The van der Waals surface area contributed by atoms with Crippen LogP contribution in [-0.4, -0.2) is 22.1 Å². The SMILES string of the molecule is CC1(S(=O)(=O)n2ccc3cnccc32)C=CC(Cl)=C(I)C1. The first kappa shape index (κ1) is 15.1. The summed E-state index contributed by atoms with van der Waals surface area (Å²) >= 11 is 8.14. The topological polar surface area (TPSA) is 52.0 Å². The predicted molar refractivity (Wildman–Crippen MR) is 93.1 cm³/mol. The zero-order valence-corrected chi connectivity index (χ0v) is 14.9. The van der Waals surface area contributed by atoms with Crippen molar-refractivity contribution in [2.45, 2.75) is 18.1 Å². The molecular weight excluding hydrogens is 423 g/mol. The molecule has 0 bridgehead atoms. The Morgan fingerprint density at radius 1 is 1.43 bits per heavy atom. The first-order chi connectivity index (χ1) is 9.85. The van der Waals surface area contributed by atoms with Crippen LogP contribution in [0.1, 0.15) is 13.3 Å². The lowest BCUT2D eigenvalue weighted by atomic mass is 10.0. The van der Waals surface area contributed by atoms with E-state index in [0.717, 1.165) is 8.97 Å². The molecule has 1 unspecified atom stereocenters. The van der Waals surface area contributed by atoms with Gasteiger partial charge in [-0.2, -0.15) is 0 Å². The van der Waals surface area contributed by atoms with E-state index in [1.807, 2.05) is 0 Å². The van der Waals surface area contributed by atoms with Crippen molar-refractivity contribution in [2.75, 3.05) is 0 Å². The fourth-order valence-corrected chi connectivity index (χ4v) is 5.38. The average molecular weight is 435 g/mol. The Balaban J connectivity index is 2.16. The number of aromatic nitrogens is 2. The molecule has 0 saturated carbocycles. The largest absolute Gasteiger partial charge is 0.264 e. The van der Waals surface area contributed by atoms with Crippen LogP contribution >= 0.6 is 34.2 Å². The molecule has 3 rings (SSSR count). The molecule has 2 aromatic heterocycles. The smallest absolute Gasteiger partial charge is 0.248 e. The van der Waals surface area contributed by atoms with E-state index in [4.69, 9.17) is 11.6 Å². The van der Waals surface area contributed by atoms with Gasteiger partial charge in [-0.25, -0.2) is 12.4 Å². The van der Waals surface area contributed by atoms with Gasteiger partial charge in [0, 0.05) is 39.0 Å². The number of fused-ring (bicyclic) bond motifs is 1. The fraction of sp³-hybridized carbons (Fsp3) is 0.214. The zero-order chi connectivity index (χ0) is 15.3. The maximum atomic E-state index is 13.1. The summed E-state index contributed by atoms with van der Waals surface area (Å²) in [4.78, 5) is 4.01. The second-order valence-corrected chi connectivity index (χ2v) is 9.11. The molecule has 0 fully saturated rings. The summed E-state index contributed by atoms with van der Waals surface area (Å²) in [6, 6.07) is 3.46. The molecule has 1 aliphatic rings. The number of hydrogen-bond donors (Lipinski definition) is 0. The third-order valence-electron chi connectivity index (χ3n) is 3.65. The average Bonchev–Trinajstić information content (AvgIpc) is 2.87. The Morgan fingerprint density at radius 3 is 2.90 bits per heavy atom. The summed E-state index contributed by atoms with van der Waals surface area (Å²) in [5, 5.41) is 1.40. The zero-order valence-electron chi connectivity index (χ0n) is 11.1. The van der Waals surface area contributed by atoms with Crippen molar-refractivity contribution in [3.05, 3.63) is 51.5 Å². The first-order valence-corrected chi connectivity index (χ1v) is 9.14. The number of nitrogens with zero attached hydrogens (tertiary/aromatic N) is 2. The number of allylic oxidation sites excluding steroid dienone is 3. The summed E-state index contributed by atoms with van der Waals surface area (Å²) in [7, 11) is -3.60. The summed E-state index contributed by atoms with van der Waals surface area (Å²) in [6.07, 6.45) is 8.52. The van der Waals surface area contributed by atoms with E-state index < -0.39 is 14.8 Å². The molecule has 2 heterocycles. The van der Waals surface area contributed by atoms with E-state index in [9.17, 15) is 8.42 Å². The Hall–Kier alpha value is -0.860. The van der Waals surface area contributed by atoms with Crippen LogP contribution in [0.3, 0.4) is 0 Å². The molecule has 0 spiro atoms. The van der Waals surface area contributed by atoms with Crippen molar-refractivity contribution in [3.63, 3.8) is 0 Å². The van der Waals surface area contributed by atoms with Crippen molar-refractivity contribution in [1.29, 1.82) is 0 Å². The monoisotopic (exact) mass is 434 g/mol. The molecule has 0 saturated heterocycles. The highest BCUT2D eigenvalue weighted by atomic mass is 127. The normalized spacial score (nSPS) is 23.0. The second kappa shape index (κ2) is 5.10. The van der Waals surface area contributed by atoms with Crippen LogP contribution in [0.5, 0.6) is 0 Å². The predicted octanol–water partition coefficient (Wildman–Crippen LogP) is 3.82. The molecule has 0 aliphatic heterocycles. The van der Waals surface area contributed by atoms with Crippen LogP contribution in [0.15, 0.2) is 51.5 Å². The molecule has 0 radical (unpaired) electrons. The van der Waals surface area contributed by atoms with Crippen LogP contribution in [-0.2, 0) is 10.0 Å². The van der Waals surface area contributed by atoms with Crippen LogP contribution < -0.4 is 0 Å². The second-order valence-electron chi connectivity index (χ2n) is 5.13. The minimum absolute atomic E-state index is 0.371. The summed E-state index contributed by atoms with van der Waals surface area (Å²) in [5.74, 6) is 0. The van der Waals surface area contributed by atoms with E-state index in [-0.39, 0.29) is 0 Å². The van der Waals surface area contributed by atoms with Gasteiger partial charge in [-0.1, -0.05) is 17.7 Å². The maximum absolute atomic E-state index is 13.1. The van der Waals surface area contributed by atoms with Gasteiger partial charge in [0.15, 0.2) is 0 Å². The molecule has 110 valence electrons. The number of pyridine rings is 1. The first-order valence-electron chi connectivity index (χ1n) is 6.25. The summed E-state index contributed by atoms with van der Waals surface area (Å²) < 4.78 is 27.3. The number of rotatable bonds is 2. The van der Waals surface area contributed by atoms with E-state index in [0.29, 0.717) is 17.0 Å². The van der Waals surface area contributed by atoms with E-state index in [2.05, 4.69) is 27.6 Å². The van der Waals surface area contributed by atoms with Crippen LogP contribution in [0, 0.1) is 0 Å². The van der Waals surface area contributed by atoms with Crippen molar-refractivity contribution in [2.24, 2.45) is 0 Å². The molecule has 0 amide bonds. The molecule has 0 N–H and O–H groups in total. The van der Waals surface area contributed by atoms with Gasteiger partial charge >= 0.3 is 0 Å². The van der Waals surface area contributed by atoms with Gasteiger partial charge in [0.25, 0.3) is 0 Å². The maximum Gasteiger partial charge on any atom is 0.248 e. The Morgan fingerprint density at radius 2 is 2.19 bits per heavy atom. The van der Waals surface area contributed by atoms with E-state index in [1.54, 1.807) is 49.8 Å². The van der Waals surface area contributed by atoms with Crippen molar-refractivity contribution in [1.82, 2.24) is 8.96 Å². The van der Waals surface area contributed by atoms with Crippen molar-refractivity contribution in [3.8, 4) is 0 Å². The third kappa shape index (κ3) is 2.33. The molecule has 7 heteroatoms. The lowest BCUT2D eigenvalue weighted by Crippen LogP contribution is -2.38. The van der Waals surface area contributed by atoms with Gasteiger partial charge in [-0.3, -0.25) is 4.98 Å². The molecule has 1 aliphatic carbocycles. The fourth-order valence-electron chi connectivity index (χ4n) is 2.36. The van der Waals surface area contributed by atoms with Gasteiger partial charge in [0.1, 0.15) is 4.75 Å².